The van der Waals surface area contributed by atoms with Crippen LogP contribution in [-0.4, -0.2) is 25.8 Å². The van der Waals surface area contributed by atoms with Crippen molar-refractivity contribution in [3.63, 3.8) is 0 Å². The number of aliphatic hydroxyl groups is 1. The van der Waals surface area contributed by atoms with E-state index in [9.17, 15) is 27.5 Å². The summed E-state index contributed by atoms with van der Waals surface area (Å²) in [6.07, 6.45) is -3.41. The van der Waals surface area contributed by atoms with Crippen molar-refractivity contribution in [2.24, 2.45) is 5.73 Å². The molecule has 0 bridgehead atoms. The van der Waals surface area contributed by atoms with E-state index in [-0.39, 0.29) is 29.1 Å². The molecule has 146 valence electrons. The molecule has 1 amide bonds. The topological polar surface area (TPSA) is 94.0 Å². The van der Waals surface area contributed by atoms with Gasteiger partial charge in [-0.1, -0.05) is 6.07 Å². The van der Waals surface area contributed by atoms with Gasteiger partial charge in [0, 0.05) is 18.3 Å². The SMILES string of the molecule is NC(=O)c1cn(-c2cccc(Cc3cc(F)cc(C(F)(F)F)c3)n2)nc1CO. The van der Waals surface area contributed by atoms with Crippen molar-refractivity contribution < 1.29 is 27.5 Å². The molecule has 0 aliphatic rings. The van der Waals surface area contributed by atoms with E-state index in [0.29, 0.717) is 11.8 Å². The van der Waals surface area contributed by atoms with E-state index in [2.05, 4.69) is 10.1 Å². The summed E-state index contributed by atoms with van der Waals surface area (Å²) >= 11 is 0. The van der Waals surface area contributed by atoms with Crippen molar-refractivity contribution in [3.8, 4) is 5.82 Å². The van der Waals surface area contributed by atoms with Gasteiger partial charge >= 0.3 is 6.18 Å². The number of pyridine rings is 1. The molecular weight excluding hydrogens is 380 g/mol. The molecule has 3 rings (SSSR count). The zero-order valence-electron chi connectivity index (χ0n) is 14.2. The average Bonchev–Trinajstić information content (AvgIpc) is 3.05. The minimum atomic E-state index is -4.66. The van der Waals surface area contributed by atoms with E-state index in [1.54, 1.807) is 18.2 Å². The maximum atomic E-state index is 13.6. The Morgan fingerprint density at radius 1 is 1.21 bits per heavy atom. The van der Waals surface area contributed by atoms with Gasteiger partial charge in [0.05, 0.1) is 17.7 Å². The summed E-state index contributed by atoms with van der Waals surface area (Å²) < 4.78 is 53.4. The molecule has 0 aliphatic carbocycles. The molecule has 2 aromatic heterocycles. The molecule has 6 nitrogen and oxygen atoms in total. The minimum Gasteiger partial charge on any atom is -0.390 e. The van der Waals surface area contributed by atoms with Crippen LogP contribution in [-0.2, 0) is 19.2 Å². The van der Waals surface area contributed by atoms with Crippen LogP contribution in [0.2, 0.25) is 0 Å². The highest BCUT2D eigenvalue weighted by Gasteiger charge is 2.31. The lowest BCUT2D eigenvalue weighted by Crippen LogP contribution is -2.12. The molecule has 28 heavy (non-hydrogen) atoms. The molecule has 0 radical (unpaired) electrons. The van der Waals surface area contributed by atoms with Gasteiger partial charge in [-0.2, -0.15) is 18.3 Å². The Balaban J connectivity index is 1.93. The Morgan fingerprint density at radius 2 is 1.96 bits per heavy atom. The number of nitrogens with zero attached hydrogens (tertiary/aromatic N) is 3. The van der Waals surface area contributed by atoms with Crippen LogP contribution in [0.15, 0.2) is 42.6 Å². The highest BCUT2D eigenvalue weighted by Crippen LogP contribution is 2.30. The number of carbonyl (C=O) groups excluding carboxylic acids is 1. The number of amides is 1. The molecule has 3 aromatic rings. The third-order valence-corrected chi connectivity index (χ3v) is 3.90. The highest BCUT2D eigenvalue weighted by atomic mass is 19.4. The van der Waals surface area contributed by atoms with Gasteiger partial charge in [-0.15, -0.1) is 0 Å². The summed E-state index contributed by atoms with van der Waals surface area (Å²) in [6.45, 7) is -0.505. The van der Waals surface area contributed by atoms with Crippen molar-refractivity contribution in [3.05, 3.63) is 76.5 Å². The Labute approximate surface area is 156 Å². The first kappa shape index (κ1) is 19.5. The van der Waals surface area contributed by atoms with E-state index in [1.807, 2.05) is 0 Å². The number of aromatic nitrogens is 3. The lowest BCUT2D eigenvalue weighted by atomic mass is 10.1. The predicted molar refractivity (Wildman–Crippen MR) is 90.0 cm³/mol. The van der Waals surface area contributed by atoms with E-state index in [4.69, 9.17) is 5.73 Å². The third-order valence-electron chi connectivity index (χ3n) is 3.90. The monoisotopic (exact) mass is 394 g/mol. The fourth-order valence-electron chi connectivity index (χ4n) is 2.67. The summed E-state index contributed by atoms with van der Waals surface area (Å²) in [7, 11) is 0. The van der Waals surface area contributed by atoms with Gasteiger partial charge in [-0.25, -0.2) is 14.1 Å². The van der Waals surface area contributed by atoms with Crippen molar-refractivity contribution in [1.82, 2.24) is 14.8 Å². The molecule has 0 spiro atoms. The molecular formula is C18H14F4N4O2. The standard InChI is InChI=1S/C18H14F4N4O2/c19-12-5-10(4-11(7-12)18(20,21)22)6-13-2-1-3-16(24-13)26-8-14(17(23)28)15(9-27)25-26/h1-5,7-8,27H,6,9H2,(H2,23,28). The van der Waals surface area contributed by atoms with E-state index < -0.39 is 30.1 Å². The number of primary amides is 1. The van der Waals surface area contributed by atoms with Gasteiger partial charge in [-0.05, 0) is 35.9 Å². The Bertz CT molecular complexity index is 1030. The van der Waals surface area contributed by atoms with Gasteiger partial charge in [0.25, 0.3) is 5.91 Å². The van der Waals surface area contributed by atoms with E-state index >= 15 is 0 Å². The van der Waals surface area contributed by atoms with Crippen LogP contribution in [0.5, 0.6) is 0 Å². The highest BCUT2D eigenvalue weighted by molar-refractivity contribution is 5.93. The average molecular weight is 394 g/mol. The lowest BCUT2D eigenvalue weighted by molar-refractivity contribution is -0.137. The summed E-state index contributed by atoms with van der Waals surface area (Å²) in [5, 5.41) is 13.3. The molecule has 3 N–H and O–H groups in total. The normalized spacial score (nSPS) is 11.6. The summed E-state index contributed by atoms with van der Waals surface area (Å²) in [4.78, 5) is 15.7. The second kappa shape index (κ2) is 7.39. The summed E-state index contributed by atoms with van der Waals surface area (Å²) in [6, 6.07) is 7.00. The molecule has 0 unspecified atom stereocenters. The van der Waals surface area contributed by atoms with Crippen LogP contribution in [0.25, 0.3) is 5.82 Å². The molecule has 0 saturated heterocycles. The van der Waals surface area contributed by atoms with Gasteiger partial charge in [0.15, 0.2) is 5.82 Å². The zero-order valence-corrected chi connectivity index (χ0v) is 14.2. The maximum Gasteiger partial charge on any atom is 0.416 e. The molecule has 1 aromatic carbocycles. The first-order chi connectivity index (χ1) is 13.2. The predicted octanol–water partition coefficient (Wildman–Crippen LogP) is 2.61. The molecule has 10 heteroatoms. The van der Waals surface area contributed by atoms with Crippen LogP contribution >= 0.6 is 0 Å². The summed E-state index contributed by atoms with van der Waals surface area (Å²) in [5.41, 5.74) is 4.70. The smallest absolute Gasteiger partial charge is 0.390 e. The Kier molecular flexibility index (Phi) is 5.14. The lowest BCUT2D eigenvalue weighted by Gasteiger charge is -2.10. The fourth-order valence-corrected chi connectivity index (χ4v) is 2.67. The quantitative estimate of drug-likeness (QED) is 0.651. The van der Waals surface area contributed by atoms with Crippen LogP contribution in [0.1, 0.15) is 32.9 Å². The van der Waals surface area contributed by atoms with Crippen LogP contribution in [0.3, 0.4) is 0 Å². The van der Waals surface area contributed by atoms with E-state index in [1.165, 1.54) is 10.9 Å². The molecule has 0 aliphatic heterocycles. The number of halogens is 4. The van der Waals surface area contributed by atoms with Crippen molar-refractivity contribution in [2.75, 3.05) is 0 Å². The van der Waals surface area contributed by atoms with Gasteiger partial charge in [0.1, 0.15) is 11.5 Å². The largest absolute Gasteiger partial charge is 0.416 e. The number of alkyl halides is 3. The summed E-state index contributed by atoms with van der Waals surface area (Å²) in [5.74, 6) is -1.51. The number of aliphatic hydroxyl groups excluding tert-OH is 1. The van der Waals surface area contributed by atoms with Crippen LogP contribution in [0.4, 0.5) is 17.6 Å². The van der Waals surface area contributed by atoms with Gasteiger partial charge in [0.2, 0.25) is 0 Å². The maximum absolute atomic E-state index is 13.6. The second-order valence-electron chi connectivity index (χ2n) is 5.97. The number of hydrogen-bond donors (Lipinski definition) is 2. The number of benzene rings is 1. The van der Waals surface area contributed by atoms with Crippen molar-refractivity contribution in [1.29, 1.82) is 0 Å². The molecule has 2 heterocycles. The number of hydrogen-bond acceptors (Lipinski definition) is 4. The van der Waals surface area contributed by atoms with Crippen molar-refractivity contribution in [2.45, 2.75) is 19.2 Å². The molecule has 0 fully saturated rings. The van der Waals surface area contributed by atoms with Crippen LogP contribution in [0, 0.1) is 5.82 Å². The Hall–Kier alpha value is -3.27. The van der Waals surface area contributed by atoms with Gasteiger partial charge < -0.3 is 10.8 Å². The fraction of sp³-hybridized carbons (Fsp3) is 0.167. The molecule has 0 saturated carbocycles. The number of nitrogens with two attached hydrogens (primary N) is 1. The number of rotatable bonds is 5. The minimum absolute atomic E-state index is 0.0228. The first-order valence-corrected chi connectivity index (χ1v) is 7.99. The van der Waals surface area contributed by atoms with Crippen LogP contribution < -0.4 is 5.73 Å². The third kappa shape index (κ3) is 4.17. The second-order valence-corrected chi connectivity index (χ2v) is 5.97. The Morgan fingerprint density at radius 3 is 2.57 bits per heavy atom. The number of carbonyl (C=O) groups is 1. The molecule has 0 atom stereocenters. The van der Waals surface area contributed by atoms with Crippen molar-refractivity contribution >= 4 is 5.91 Å². The zero-order chi connectivity index (χ0) is 20.5. The van der Waals surface area contributed by atoms with E-state index in [0.717, 1.165) is 12.1 Å². The van der Waals surface area contributed by atoms with Gasteiger partial charge in [-0.3, -0.25) is 4.79 Å². The first-order valence-electron chi connectivity index (χ1n) is 7.99.